The average molecular weight is 252 g/mol. The van der Waals surface area contributed by atoms with Crippen LogP contribution in [0.4, 0.5) is 5.69 Å². The lowest BCUT2D eigenvalue weighted by Gasteiger charge is -2.30. The summed E-state index contributed by atoms with van der Waals surface area (Å²) in [6.45, 7) is 0.117. The number of carbonyl (C=O) groups excluding carboxylic acids is 1. The number of nitrogens with zero attached hydrogens (tertiary/aromatic N) is 2. The minimum absolute atomic E-state index is 0.0329. The predicted molar refractivity (Wildman–Crippen MR) is 67.9 cm³/mol. The number of carbonyl (C=O) groups is 1. The van der Waals surface area contributed by atoms with Gasteiger partial charge in [-0.25, -0.2) is 0 Å². The molecule has 6 nitrogen and oxygen atoms in total. The van der Waals surface area contributed by atoms with E-state index in [1.165, 1.54) is 10.9 Å². The molecule has 0 saturated heterocycles. The fourth-order valence-corrected chi connectivity index (χ4v) is 2.59. The summed E-state index contributed by atoms with van der Waals surface area (Å²) in [7, 11) is 1.69. The van der Waals surface area contributed by atoms with Crippen LogP contribution < -0.4 is 11.1 Å². The third kappa shape index (κ3) is 2.48. The highest BCUT2D eigenvalue weighted by Gasteiger charge is 2.27. The number of aryl methyl sites for hydroxylation is 1. The zero-order valence-electron chi connectivity index (χ0n) is 10.6. The Morgan fingerprint density at radius 1 is 1.61 bits per heavy atom. The van der Waals surface area contributed by atoms with Crippen LogP contribution in [0.1, 0.15) is 36.2 Å². The van der Waals surface area contributed by atoms with E-state index in [2.05, 4.69) is 10.4 Å². The minimum atomic E-state index is -0.210. The van der Waals surface area contributed by atoms with Crippen LogP contribution in [0.5, 0.6) is 0 Å². The van der Waals surface area contributed by atoms with Crippen molar-refractivity contribution in [2.24, 2.45) is 13.0 Å². The van der Waals surface area contributed by atoms with E-state index in [-0.39, 0.29) is 24.5 Å². The van der Waals surface area contributed by atoms with Crippen molar-refractivity contribution in [3.63, 3.8) is 0 Å². The normalized spacial score (nSPS) is 23.9. The highest BCUT2D eigenvalue weighted by atomic mass is 16.3. The summed E-state index contributed by atoms with van der Waals surface area (Å²) in [4.78, 5) is 12.1. The molecule has 0 aromatic carbocycles. The van der Waals surface area contributed by atoms with Gasteiger partial charge in [0.2, 0.25) is 0 Å². The fraction of sp³-hybridized carbons (Fsp3) is 0.667. The van der Waals surface area contributed by atoms with Gasteiger partial charge < -0.3 is 16.2 Å². The van der Waals surface area contributed by atoms with Gasteiger partial charge in [0, 0.05) is 25.6 Å². The lowest BCUT2D eigenvalue weighted by atomic mass is 9.85. The van der Waals surface area contributed by atoms with Crippen molar-refractivity contribution in [2.75, 3.05) is 12.3 Å². The number of nitrogens with two attached hydrogens (primary N) is 1. The van der Waals surface area contributed by atoms with Crippen LogP contribution in [-0.2, 0) is 7.05 Å². The van der Waals surface area contributed by atoms with Crippen LogP contribution in [-0.4, -0.2) is 33.4 Å². The van der Waals surface area contributed by atoms with E-state index in [0.29, 0.717) is 11.4 Å². The second-order valence-electron chi connectivity index (χ2n) is 4.88. The number of hydrogen-bond donors (Lipinski definition) is 3. The minimum Gasteiger partial charge on any atom is -0.396 e. The van der Waals surface area contributed by atoms with Crippen molar-refractivity contribution < 1.29 is 9.90 Å². The van der Waals surface area contributed by atoms with Gasteiger partial charge >= 0.3 is 0 Å². The van der Waals surface area contributed by atoms with Gasteiger partial charge in [0.15, 0.2) is 0 Å². The number of nitrogens with one attached hydrogen (secondary N) is 1. The number of rotatable bonds is 3. The molecule has 6 heteroatoms. The average Bonchev–Trinajstić information content (AvgIpc) is 2.69. The molecule has 1 amide bonds. The Kier molecular flexibility index (Phi) is 3.86. The molecule has 0 aliphatic heterocycles. The maximum Gasteiger partial charge on any atom is 0.271 e. The number of anilines is 1. The van der Waals surface area contributed by atoms with Crippen molar-refractivity contribution in [1.29, 1.82) is 0 Å². The van der Waals surface area contributed by atoms with Crippen LogP contribution in [0.25, 0.3) is 0 Å². The largest absolute Gasteiger partial charge is 0.396 e. The van der Waals surface area contributed by atoms with Gasteiger partial charge in [0.1, 0.15) is 5.69 Å². The van der Waals surface area contributed by atoms with Gasteiger partial charge in [-0.3, -0.25) is 9.48 Å². The second kappa shape index (κ2) is 5.39. The Balaban J connectivity index is 2.06. The van der Waals surface area contributed by atoms with Gasteiger partial charge in [0.05, 0.1) is 11.9 Å². The molecule has 0 bridgehead atoms. The van der Waals surface area contributed by atoms with E-state index >= 15 is 0 Å². The van der Waals surface area contributed by atoms with Crippen LogP contribution >= 0.6 is 0 Å². The maximum atomic E-state index is 12.1. The summed E-state index contributed by atoms with van der Waals surface area (Å²) in [6.07, 6.45) is 5.55. The fourth-order valence-electron chi connectivity index (χ4n) is 2.59. The molecule has 1 saturated carbocycles. The lowest BCUT2D eigenvalue weighted by Crippen LogP contribution is -2.44. The zero-order chi connectivity index (χ0) is 13.1. The summed E-state index contributed by atoms with van der Waals surface area (Å²) in [6, 6.07) is 0.0329. The van der Waals surface area contributed by atoms with Gasteiger partial charge in [-0.1, -0.05) is 12.8 Å². The SMILES string of the molecule is Cn1ncc(N)c1C(=O)NC1CCCCC1CO. The molecular formula is C12H20N4O2. The molecule has 0 radical (unpaired) electrons. The first-order valence-electron chi connectivity index (χ1n) is 6.32. The van der Waals surface area contributed by atoms with Gasteiger partial charge in [-0.15, -0.1) is 0 Å². The summed E-state index contributed by atoms with van der Waals surface area (Å²) in [5.41, 5.74) is 6.49. The number of aliphatic hydroxyl groups is 1. The van der Waals surface area contributed by atoms with E-state index in [4.69, 9.17) is 5.73 Å². The molecule has 2 atom stereocenters. The number of aliphatic hydroxyl groups excluding tert-OH is 1. The summed E-state index contributed by atoms with van der Waals surface area (Å²) in [5.74, 6) is -0.0602. The van der Waals surface area contributed by atoms with E-state index in [0.717, 1.165) is 25.7 Å². The van der Waals surface area contributed by atoms with Crippen LogP contribution in [0.15, 0.2) is 6.20 Å². The molecule has 18 heavy (non-hydrogen) atoms. The van der Waals surface area contributed by atoms with Crippen molar-refractivity contribution in [2.45, 2.75) is 31.7 Å². The molecule has 1 aromatic rings. The van der Waals surface area contributed by atoms with Crippen molar-refractivity contribution >= 4 is 11.6 Å². The Labute approximate surface area is 106 Å². The van der Waals surface area contributed by atoms with E-state index < -0.39 is 0 Å². The molecule has 2 rings (SSSR count). The standard InChI is InChI=1S/C12H20N4O2/c1-16-11(9(13)6-14-16)12(18)15-10-5-3-2-4-8(10)7-17/h6,8,10,17H,2-5,7,13H2,1H3,(H,15,18). The molecule has 0 spiro atoms. The first-order chi connectivity index (χ1) is 8.63. The summed E-state index contributed by atoms with van der Waals surface area (Å²) < 4.78 is 1.47. The number of nitrogen functional groups attached to an aromatic ring is 1. The van der Waals surface area contributed by atoms with Crippen molar-refractivity contribution in [1.82, 2.24) is 15.1 Å². The first kappa shape index (κ1) is 12.9. The van der Waals surface area contributed by atoms with Crippen LogP contribution in [0, 0.1) is 5.92 Å². The number of aromatic nitrogens is 2. The predicted octanol–water partition coefficient (Wildman–Crippen LogP) is 0.283. The zero-order valence-corrected chi connectivity index (χ0v) is 10.6. The van der Waals surface area contributed by atoms with Gasteiger partial charge in [-0.2, -0.15) is 5.10 Å². The van der Waals surface area contributed by atoms with E-state index in [1.54, 1.807) is 7.05 Å². The smallest absolute Gasteiger partial charge is 0.271 e. The third-order valence-corrected chi connectivity index (χ3v) is 3.64. The van der Waals surface area contributed by atoms with Crippen molar-refractivity contribution in [3.8, 4) is 0 Å². The molecular weight excluding hydrogens is 232 g/mol. The Hall–Kier alpha value is -1.56. The number of hydrogen-bond acceptors (Lipinski definition) is 4. The Morgan fingerprint density at radius 2 is 2.33 bits per heavy atom. The summed E-state index contributed by atoms with van der Waals surface area (Å²) in [5, 5.41) is 16.2. The maximum absolute atomic E-state index is 12.1. The molecule has 4 N–H and O–H groups in total. The molecule has 1 aliphatic carbocycles. The van der Waals surface area contributed by atoms with Gasteiger partial charge in [-0.05, 0) is 12.8 Å². The molecule has 2 unspecified atom stereocenters. The summed E-state index contributed by atoms with van der Waals surface area (Å²) >= 11 is 0. The second-order valence-corrected chi connectivity index (χ2v) is 4.88. The molecule has 1 fully saturated rings. The van der Waals surface area contributed by atoms with Gasteiger partial charge in [0.25, 0.3) is 5.91 Å². The lowest BCUT2D eigenvalue weighted by molar-refractivity contribution is 0.0864. The topological polar surface area (TPSA) is 93.2 Å². The first-order valence-corrected chi connectivity index (χ1v) is 6.32. The molecule has 1 aliphatic rings. The van der Waals surface area contributed by atoms with E-state index in [9.17, 15) is 9.90 Å². The molecule has 100 valence electrons. The van der Waals surface area contributed by atoms with E-state index in [1.807, 2.05) is 0 Å². The molecule has 1 heterocycles. The highest BCUT2D eigenvalue weighted by molar-refractivity contribution is 5.97. The van der Waals surface area contributed by atoms with Crippen LogP contribution in [0.2, 0.25) is 0 Å². The third-order valence-electron chi connectivity index (χ3n) is 3.64. The quantitative estimate of drug-likeness (QED) is 0.720. The Morgan fingerprint density at radius 3 is 2.94 bits per heavy atom. The van der Waals surface area contributed by atoms with Crippen molar-refractivity contribution in [3.05, 3.63) is 11.9 Å². The Bertz CT molecular complexity index is 410. The van der Waals surface area contributed by atoms with Crippen LogP contribution in [0.3, 0.4) is 0 Å². The monoisotopic (exact) mass is 252 g/mol. The molecule has 1 aromatic heterocycles. The highest BCUT2D eigenvalue weighted by Crippen LogP contribution is 2.24. The number of amides is 1.